The highest BCUT2D eigenvalue weighted by molar-refractivity contribution is 6.00. The van der Waals surface area contributed by atoms with Crippen LogP contribution < -0.4 is 19.9 Å². The van der Waals surface area contributed by atoms with Crippen molar-refractivity contribution >= 4 is 17.6 Å². The van der Waals surface area contributed by atoms with E-state index < -0.39 is 47.0 Å². The zero-order chi connectivity index (χ0) is 33.0. The molecule has 2 aliphatic heterocycles. The van der Waals surface area contributed by atoms with E-state index in [4.69, 9.17) is 30.1 Å². The largest absolute Gasteiger partial charge is 0.504 e. The fraction of sp³-hybridized carbons (Fsp3) is 0.375. The fourth-order valence-electron chi connectivity index (χ4n) is 5.20. The maximum absolute atomic E-state index is 16.0. The van der Waals surface area contributed by atoms with Gasteiger partial charge in [-0.1, -0.05) is 12.1 Å². The van der Waals surface area contributed by atoms with Gasteiger partial charge in [-0.3, -0.25) is 20.1 Å². The number of nitrogens with one attached hydrogen (secondary N) is 1. The Morgan fingerprint density at radius 1 is 1.11 bits per heavy atom. The van der Waals surface area contributed by atoms with Crippen LogP contribution in [0.25, 0.3) is 0 Å². The number of phenolic OH excluding ortho intramolecular Hbond substituents is 1. The Balaban J connectivity index is 1.45. The third-order valence-electron chi connectivity index (χ3n) is 7.76. The van der Waals surface area contributed by atoms with Crippen LogP contribution in [-0.4, -0.2) is 89.5 Å². The topological polar surface area (TPSA) is 156 Å². The molecule has 244 valence electrons. The number of nitrogen functional groups attached to an aromatic ring is 1. The number of aliphatic imine (C=N–C) groups is 1. The van der Waals surface area contributed by atoms with Gasteiger partial charge in [0.2, 0.25) is 17.4 Å². The van der Waals surface area contributed by atoms with Crippen LogP contribution in [-0.2, 0) is 9.53 Å². The van der Waals surface area contributed by atoms with Crippen LogP contribution in [0.2, 0.25) is 0 Å². The van der Waals surface area contributed by atoms with Gasteiger partial charge in [-0.05, 0) is 57.0 Å². The Labute approximate surface area is 264 Å². The van der Waals surface area contributed by atoms with Crippen molar-refractivity contribution in [1.82, 2.24) is 14.8 Å². The van der Waals surface area contributed by atoms with Gasteiger partial charge in [0, 0.05) is 37.8 Å². The maximum atomic E-state index is 16.0. The van der Waals surface area contributed by atoms with E-state index in [0.717, 1.165) is 17.9 Å². The second kappa shape index (κ2) is 14.0. The van der Waals surface area contributed by atoms with Crippen molar-refractivity contribution in [3.63, 3.8) is 0 Å². The van der Waals surface area contributed by atoms with Crippen molar-refractivity contribution in [2.24, 2.45) is 10.7 Å². The van der Waals surface area contributed by atoms with Crippen LogP contribution in [0, 0.1) is 17.0 Å². The number of aromatic hydroxyl groups is 1. The fourth-order valence-corrected chi connectivity index (χ4v) is 5.20. The molecular weight excluding hydrogens is 602 g/mol. The number of pyridine rings is 1. The van der Waals surface area contributed by atoms with E-state index >= 15 is 8.78 Å². The molecule has 2 aliphatic rings. The molecule has 3 aromatic rings. The average Bonchev–Trinajstić information content (AvgIpc) is 3.48. The van der Waals surface area contributed by atoms with E-state index in [0.29, 0.717) is 32.5 Å². The van der Waals surface area contributed by atoms with Crippen molar-refractivity contribution in [1.29, 1.82) is 5.41 Å². The van der Waals surface area contributed by atoms with Crippen molar-refractivity contribution in [2.75, 3.05) is 39.8 Å². The number of carbonyl (C=O) groups is 1. The number of rotatable bonds is 11. The SMILES string of the molecule is CCOC(=O)C(C)N1CCC(Oc2c(F)c(Oc3cccc(C4=NCCN4C)c3)nc(Oc3cc(C(=N)N)ccc3O)c2F)CC1. The number of halogens is 2. The minimum atomic E-state index is -1.25. The van der Waals surface area contributed by atoms with Crippen molar-refractivity contribution in [2.45, 2.75) is 38.8 Å². The Morgan fingerprint density at radius 2 is 1.83 bits per heavy atom. The molecule has 1 atom stereocenters. The van der Waals surface area contributed by atoms with Gasteiger partial charge in [0.05, 0.1) is 13.2 Å². The van der Waals surface area contributed by atoms with Gasteiger partial charge >= 0.3 is 5.97 Å². The molecule has 0 bridgehead atoms. The lowest BCUT2D eigenvalue weighted by atomic mass is 10.1. The van der Waals surface area contributed by atoms with Crippen LogP contribution in [0.1, 0.15) is 37.8 Å². The summed E-state index contributed by atoms with van der Waals surface area (Å²) >= 11 is 0. The van der Waals surface area contributed by atoms with E-state index in [9.17, 15) is 9.90 Å². The predicted octanol–water partition coefficient (Wildman–Crippen LogP) is 4.42. The number of hydrogen-bond donors (Lipinski definition) is 3. The molecule has 1 aromatic heterocycles. The summed E-state index contributed by atoms with van der Waals surface area (Å²) in [6.45, 7) is 6.02. The molecule has 4 N–H and O–H groups in total. The predicted molar refractivity (Wildman–Crippen MR) is 165 cm³/mol. The maximum Gasteiger partial charge on any atom is 0.323 e. The van der Waals surface area contributed by atoms with Crippen LogP contribution in [0.15, 0.2) is 47.5 Å². The zero-order valence-corrected chi connectivity index (χ0v) is 25.8. The first-order chi connectivity index (χ1) is 22.0. The number of piperidine rings is 1. The standard InChI is InChI=1S/C32H36F2N6O6/c1-4-43-32(42)18(2)40-13-10-21(11-14-40)44-27-25(33)30(45-22-7-5-6-20(16-22)29-37-12-15-39(29)3)38-31(26(27)34)46-24-17-19(28(35)36)8-9-23(24)41/h5-9,16-18,21,41H,4,10-15H2,1-3H3,(H3,35,36). The molecule has 46 heavy (non-hydrogen) atoms. The Hall–Kier alpha value is -4.98. The molecule has 0 saturated carbocycles. The third kappa shape index (κ3) is 7.12. The lowest BCUT2D eigenvalue weighted by Crippen LogP contribution is -2.46. The molecule has 5 rings (SSSR count). The summed E-state index contributed by atoms with van der Waals surface area (Å²) in [5.41, 5.74) is 6.50. The smallest absolute Gasteiger partial charge is 0.323 e. The number of nitrogens with two attached hydrogens (primary N) is 1. The molecule has 0 spiro atoms. The second-order valence-corrected chi connectivity index (χ2v) is 10.9. The molecule has 1 unspecified atom stereocenters. The second-order valence-electron chi connectivity index (χ2n) is 10.9. The van der Waals surface area contributed by atoms with Crippen molar-refractivity contribution < 1.29 is 37.6 Å². The average molecular weight is 639 g/mol. The number of benzene rings is 2. The number of phenols is 1. The summed E-state index contributed by atoms with van der Waals surface area (Å²) in [6.07, 6.45) is 0.138. The number of nitrogens with zero attached hydrogens (tertiary/aromatic N) is 4. The molecular formula is C32H36F2N6O6. The summed E-state index contributed by atoms with van der Waals surface area (Å²) in [6, 6.07) is 10.2. The number of esters is 1. The van der Waals surface area contributed by atoms with Gasteiger partial charge in [0.1, 0.15) is 29.6 Å². The lowest BCUT2D eigenvalue weighted by Gasteiger charge is -2.35. The molecule has 0 aliphatic carbocycles. The van der Waals surface area contributed by atoms with Crippen molar-refractivity contribution in [3.05, 3.63) is 65.2 Å². The molecule has 12 nitrogen and oxygen atoms in total. The minimum absolute atomic E-state index is 0.198. The minimum Gasteiger partial charge on any atom is -0.504 e. The Kier molecular flexibility index (Phi) is 9.85. The lowest BCUT2D eigenvalue weighted by molar-refractivity contribution is -0.149. The first kappa shape index (κ1) is 32.4. The van der Waals surface area contributed by atoms with Gasteiger partial charge in [-0.25, -0.2) is 0 Å². The molecule has 2 aromatic carbocycles. The van der Waals surface area contributed by atoms with Crippen molar-refractivity contribution in [3.8, 4) is 34.8 Å². The van der Waals surface area contributed by atoms with Gasteiger partial charge in [0.15, 0.2) is 11.5 Å². The summed E-state index contributed by atoms with van der Waals surface area (Å²) in [7, 11) is 1.91. The number of likely N-dealkylation sites (N-methyl/N-ethyl adjacent to an activating group) is 1. The van der Waals surface area contributed by atoms with Gasteiger partial charge < -0.3 is 34.7 Å². The summed E-state index contributed by atoms with van der Waals surface area (Å²) in [5.74, 6) is -4.93. The molecule has 14 heteroatoms. The molecule has 0 amide bonds. The van der Waals surface area contributed by atoms with E-state index in [-0.39, 0.29) is 35.5 Å². The van der Waals surface area contributed by atoms with E-state index in [1.165, 1.54) is 18.2 Å². The van der Waals surface area contributed by atoms with E-state index in [1.807, 2.05) is 22.9 Å². The number of carbonyl (C=O) groups excluding carboxylic acids is 1. The number of amidine groups is 2. The molecule has 0 radical (unpaired) electrons. The summed E-state index contributed by atoms with van der Waals surface area (Å²) in [4.78, 5) is 24.6. The van der Waals surface area contributed by atoms with Gasteiger partial charge in [-0.2, -0.15) is 13.8 Å². The monoisotopic (exact) mass is 638 g/mol. The Bertz CT molecular complexity index is 1650. The highest BCUT2D eigenvalue weighted by Gasteiger charge is 2.32. The summed E-state index contributed by atoms with van der Waals surface area (Å²) in [5, 5.41) is 18.1. The zero-order valence-electron chi connectivity index (χ0n) is 25.8. The number of likely N-dealkylation sites (tertiary alicyclic amines) is 1. The van der Waals surface area contributed by atoms with Gasteiger partial charge in [-0.15, -0.1) is 0 Å². The number of ether oxygens (including phenoxy) is 4. The van der Waals surface area contributed by atoms with Crippen LogP contribution >= 0.6 is 0 Å². The number of hydrogen-bond acceptors (Lipinski definition) is 11. The quantitative estimate of drug-likeness (QED) is 0.156. The first-order valence-corrected chi connectivity index (χ1v) is 14.9. The molecule has 3 heterocycles. The highest BCUT2D eigenvalue weighted by Crippen LogP contribution is 2.40. The third-order valence-corrected chi connectivity index (χ3v) is 7.76. The molecule has 1 saturated heterocycles. The van der Waals surface area contributed by atoms with Crippen LogP contribution in [0.3, 0.4) is 0 Å². The summed E-state index contributed by atoms with van der Waals surface area (Å²) < 4.78 is 54.4. The highest BCUT2D eigenvalue weighted by atomic mass is 19.1. The molecule has 1 fully saturated rings. The Morgan fingerprint density at radius 3 is 2.48 bits per heavy atom. The first-order valence-electron chi connectivity index (χ1n) is 14.9. The van der Waals surface area contributed by atoms with Crippen LogP contribution in [0.5, 0.6) is 34.8 Å². The van der Waals surface area contributed by atoms with Gasteiger partial charge in [0.25, 0.3) is 11.8 Å². The van der Waals surface area contributed by atoms with E-state index in [2.05, 4.69) is 9.98 Å². The van der Waals surface area contributed by atoms with Crippen LogP contribution in [0.4, 0.5) is 8.78 Å². The number of aromatic nitrogens is 1. The normalized spacial score (nSPS) is 16.1. The van der Waals surface area contributed by atoms with E-state index in [1.54, 1.807) is 32.0 Å².